The molecule has 0 fully saturated rings. The van der Waals surface area contributed by atoms with E-state index in [1.54, 1.807) is 13.8 Å². The van der Waals surface area contributed by atoms with Crippen LogP contribution in [0.15, 0.2) is 22.3 Å². The topological polar surface area (TPSA) is 134 Å². The van der Waals surface area contributed by atoms with E-state index in [9.17, 15) is 16.8 Å². The van der Waals surface area contributed by atoms with E-state index >= 15 is 0 Å². The molecular formula is C11H14N2O6S2. The Hall–Kier alpha value is -2.04. The molecule has 0 radical (unpaired) electrons. The molecule has 0 heterocycles. The van der Waals surface area contributed by atoms with Crippen molar-refractivity contribution in [2.24, 2.45) is 0 Å². The summed E-state index contributed by atoms with van der Waals surface area (Å²) in [5, 5.41) is 16.1. The van der Waals surface area contributed by atoms with Gasteiger partial charge in [0.05, 0.1) is 13.2 Å². The van der Waals surface area contributed by atoms with Crippen molar-refractivity contribution in [1.82, 2.24) is 0 Å². The summed E-state index contributed by atoms with van der Waals surface area (Å²) in [7, 11) is -8.89. The number of rotatable bonds is 8. The van der Waals surface area contributed by atoms with Gasteiger partial charge in [0.1, 0.15) is 24.7 Å². The van der Waals surface area contributed by atoms with Crippen LogP contribution in [0.4, 0.5) is 0 Å². The van der Waals surface area contributed by atoms with E-state index in [2.05, 4.69) is 9.47 Å². The van der Waals surface area contributed by atoms with E-state index in [0.29, 0.717) is 12.5 Å². The monoisotopic (exact) mass is 334 g/mol. The number of allylic oxidation sites excluding steroid dienone is 2. The molecule has 0 N–H and O–H groups in total. The fraction of sp³-hybridized carbons (Fsp3) is 0.455. The van der Waals surface area contributed by atoms with Crippen molar-refractivity contribution in [3.63, 3.8) is 0 Å². The van der Waals surface area contributed by atoms with Gasteiger partial charge in [-0.05, 0) is 13.8 Å². The molecule has 0 atom stereocenters. The normalized spacial score (nSPS) is 13.1. The first-order valence-electron chi connectivity index (χ1n) is 5.64. The molecule has 0 unspecified atom stereocenters. The largest absolute Gasteiger partial charge is 0.499 e. The third-order valence-corrected chi connectivity index (χ3v) is 6.11. The summed E-state index contributed by atoms with van der Waals surface area (Å²) in [6.07, 6.45) is 1.34. The van der Waals surface area contributed by atoms with Crippen molar-refractivity contribution in [2.45, 2.75) is 13.8 Å². The predicted octanol–water partition coefficient (Wildman–Crippen LogP) is 0.576. The van der Waals surface area contributed by atoms with Crippen molar-refractivity contribution < 1.29 is 26.3 Å². The Morgan fingerprint density at radius 2 is 1.24 bits per heavy atom. The Balaban J connectivity index is 5.54. The number of hydrogen-bond donors (Lipinski definition) is 0. The summed E-state index contributed by atoms with van der Waals surface area (Å²) in [6.45, 7) is 3.35. The molecule has 0 bridgehead atoms. The minimum absolute atomic E-state index is 0.112. The van der Waals surface area contributed by atoms with Gasteiger partial charge in [-0.25, -0.2) is 16.8 Å². The molecule has 0 aliphatic carbocycles. The van der Waals surface area contributed by atoms with E-state index in [4.69, 9.17) is 10.5 Å². The summed E-state index contributed by atoms with van der Waals surface area (Å²) >= 11 is 0. The standard InChI is InChI=1S/C11H14N2O6S2/c1-3-18-7-10(5-12)20(14,15)9-21(16,17)11(6-13)8-19-4-2/h7-8H,3-4,9H2,1-2H3/b10-7-,11-8+. The van der Waals surface area contributed by atoms with E-state index in [1.807, 2.05) is 0 Å². The van der Waals surface area contributed by atoms with E-state index in [0.717, 1.165) is 0 Å². The van der Waals surface area contributed by atoms with Gasteiger partial charge in [-0.15, -0.1) is 0 Å². The zero-order chi connectivity index (χ0) is 16.5. The van der Waals surface area contributed by atoms with Crippen LogP contribution < -0.4 is 0 Å². The molecule has 0 aliphatic rings. The third-order valence-electron chi connectivity index (χ3n) is 1.91. The van der Waals surface area contributed by atoms with Crippen LogP contribution in [0.2, 0.25) is 0 Å². The molecule has 0 aliphatic heterocycles. The van der Waals surface area contributed by atoms with Gasteiger partial charge in [0.2, 0.25) is 19.7 Å². The first-order chi connectivity index (χ1) is 9.75. The molecule has 0 aromatic carbocycles. The van der Waals surface area contributed by atoms with Crippen LogP contribution in [-0.4, -0.2) is 35.1 Å². The highest BCUT2D eigenvalue weighted by atomic mass is 32.3. The van der Waals surface area contributed by atoms with Crippen molar-refractivity contribution >= 4 is 19.7 Å². The number of nitrogens with zero attached hydrogens (tertiary/aromatic N) is 2. The van der Waals surface area contributed by atoms with E-state index < -0.39 is 34.6 Å². The molecule has 0 rings (SSSR count). The van der Waals surface area contributed by atoms with Gasteiger partial charge in [-0.1, -0.05) is 0 Å². The van der Waals surface area contributed by atoms with Crippen LogP contribution in [0.3, 0.4) is 0 Å². The highest BCUT2D eigenvalue weighted by Gasteiger charge is 2.30. The summed E-state index contributed by atoms with van der Waals surface area (Å²) in [4.78, 5) is -1.66. The van der Waals surface area contributed by atoms with Crippen LogP contribution in [0, 0.1) is 22.7 Å². The minimum atomic E-state index is -4.44. The van der Waals surface area contributed by atoms with Crippen LogP contribution in [0.1, 0.15) is 13.8 Å². The fourth-order valence-corrected chi connectivity index (χ4v) is 4.34. The first-order valence-corrected chi connectivity index (χ1v) is 8.94. The maximum absolute atomic E-state index is 11.9. The average Bonchev–Trinajstić information content (AvgIpc) is 2.38. The van der Waals surface area contributed by atoms with Crippen molar-refractivity contribution in [1.29, 1.82) is 10.5 Å². The van der Waals surface area contributed by atoms with Crippen molar-refractivity contribution in [3.05, 3.63) is 22.3 Å². The number of nitriles is 2. The van der Waals surface area contributed by atoms with Crippen LogP contribution >= 0.6 is 0 Å². The number of hydrogen-bond acceptors (Lipinski definition) is 8. The maximum atomic E-state index is 11.9. The van der Waals surface area contributed by atoms with E-state index in [1.165, 1.54) is 12.1 Å². The average molecular weight is 334 g/mol. The molecule has 10 heteroatoms. The quantitative estimate of drug-likeness (QED) is 0.464. The number of sulfone groups is 2. The van der Waals surface area contributed by atoms with Crippen LogP contribution in [0.5, 0.6) is 0 Å². The van der Waals surface area contributed by atoms with Gasteiger partial charge in [0.15, 0.2) is 14.9 Å². The minimum Gasteiger partial charge on any atom is -0.499 e. The Morgan fingerprint density at radius 1 is 0.905 bits per heavy atom. The lowest BCUT2D eigenvalue weighted by Crippen LogP contribution is -2.19. The highest BCUT2D eigenvalue weighted by molar-refractivity contribution is 8.11. The highest BCUT2D eigenvalue weighted by Crippen LogP contribution is 2.15. The first kappa shape index (κ1) is 19.0. The summed E-state index contributed by atoms with van der Waals surface area (Å²) < 4.78 is 56.8. The Labute approximate surface area is 123 Å². The Morgan fingerprint density at radius 3 is 1.48 bits per heavy atom. The van der Waals surface area contributed by atoms with Gasteiger partial charge in [0, 0.05) is 0 Å². The van der Waals surface area contributed by atoms with Gasteiger partial charge < -0.3 is 9.47 Å². The van der Waals surface area contributed by atoms with Gasteiger partial charge >= 0.3 is 0 Å². The predicted molar refractivity (Wildman–Crippen MR) is 73.4 cm³/mol. The van der Waals surface area contributed by atoms with Crippen LogP contribution in [0.25, 0.3) is 0 Å². The Bertz CT molecular complexity index is 643. The molecule has 0 amide bonds. The fourth-order valence-electron chi connectivity index (χ4n) is 0.988. The second-order valence-corrected chi connectivity index (χ2v) is 7.73. The summed E-state index contributed by atoms with van der Waals surface area (Å²) in [5.41, 5.74) is 0. The van der Waals surface area contributed by atoms with Crippen LogP contribution in [-0.2, 0) is 29.1 Å². The second-order valence-electron chi connectivity index (χ2n) is 3.45. The molecule has 0 saturated carbocycles. The maximum Gasteiger partial charge on any atom is 0.206 e. The van der Waals surface area contributed by atoms with Crippen molar-refractivity contribution in [2.75, 3.05) is 18.3 Å². The van der Waals surface area contributed by atoms with Gasteiger partial charge in [0.25, 0.3) is 0 Å². The molecular weight excluding hydrogens is 320 g/mol. The lowest BCUT2D eigenvalue weighted by atomic mass is 10.7. The number of ether oxygens (including phenoxy) is 2. The summed E-state index contributed by atoms with van der Waals surface area (Å²) in [6, 6.07) is 2.70. The Kier molecular flexibility index (Phi) is 7.49. The third kappa shape index (κ3) is 5.85. The summed E-state index contributed by atoms with van der Waals surface area (Å²) in [5.74, 6) is 0. The molecule has 116 valence electrons. The molecule has 0 spiro atoms. The molecule has 21 heavy (non-hydrogen) atoms. The van der Waals surface area contributed by atoms with E-state index in [-0.39, 0.29) is 13.2 Å². The SMILES string of the molecule is CCO/C=C(/C#N)S(=O)(=O)CS(=O)(=O)/C(C#N)=C/OCC. The van der Waals surface area contributed by atoms with Gasteiger partial charge in [-0.3, -0.25) is 0 Å². The molecule has 0 aromatic heterocycles. The zero-order valence-corrected chi connectivity index (χ0v) is 13.1. The lowest BCUT2D eigenvalue weighted by Gasteiger charge is -2.04. The lowest BCUT2D eigenvalue weighted by molar-refractivity contribution is 0.268. The molecule has 0 saturated heterocycles. The smallest absolute Gasteiger partial charge is 0.206 e. The molecule has 8 nitrogen and oxygen atoms in total. The second kappa shape index (κ2) is 8.29. The van der Waals surface area contributed by atoms with Gasteiger partial charge in [-0.2, -0.15) is 10.5 Å². The zero-order valence-electron chi connectivity index (χ0n) is 11.4. The molecule has 0 aromatic rings. The van der Waals surface area contributed by atoms with Crippen molar-refractivity contribution in [3.8, 4) is 12.1 Å².